The van der Waals surface area contributed by atoms with E-state index in [1.165, 1.54) is 0 Å². The number of primary amides is 1. The Morgan fingerprint density at radius 3 is 1.57 bits per heavy atom. The van der Waals surface area contributed by atoms with Gasteiger partial charge in [-0.1, -0.05) is 0 Å². The first-order chi connectivity index (χ1) is 6.29. The van der Waals surface area contributed by atoms with Crippen LogP contribution in [-0.2, 0) is 9.59 Å². The molecule has 0 fully saturated rings. The molecule has 0 radical (unpaired) electrons. The molecule has 0 saturated carbocycles. The van der Waals surface area contributed by atoms with E-state index < -0.39 is 36.3 Å². The number of carboxylic acid groups (broad SMARTS) is 1. The van der Waals surface area contributed by atoms with Gasteiger partial charge in [0.2, 0.25) is 5.91 Å². The summed E-state index contributed by atoms with van der Waals surface area (Å²) in [5, 5.41) is 43.6. The van der Waals surface area contributed by atoms with Crippen LogP contribution in [0.5, 0.6) is 0 Å². The first-order valence-electron chi connectivity index (χ1n) is 3.53. The molecule has 0 aromatic rings. The standard InChI is InChI=1S/C6H11NO7/c7-5(12)3(10)1(8)2(9)4(11)6(13)14/h1-4,8-11H,(H2,7,12)(H,13,14)/t1-,2+,3+,4+/m1/s1. The Hall–Kier alpha value is -1.22. The van der Waals surface area contributed by atoms with Crippen molar-refractivity contribution in [1.29, 1.82) is 0 Å². The van der Waals surface area contributed by atoms with E-state index in [4.69, 9.17) is 25.5 Å². The Kier molecular flexibility index (Phi) is 4.44. The van der Waals surface area contributed by atoms with E-state index in [1.54, 1.807) is 0 Å². The molecule has 0 aliphatic carbocycles. The highest BCUT2D eigenvalue weighted by atomic mass is 16.4. The van der Waals surface area contributed by atoms with Gasteiger partial charge in [0.1, 0.15) is 12.2 Å². The summed E-state index contributed by atoms with van der Waals surface area (Å²) in [6.07, 6.45) is -8.80. The molecular formula is C6H11NO7. The summed E-state index contributed by atoms with van der Waals surface area (Å²) in [4.78, 5) is 20.4. The average Bonchev–Trinajstić information content (AvgIpc) is 2.12. The predicted octanol–water partition coefficient (Wildman–Crippen LogP) is -4.00. The first kappa shape index (κ1) is 12.8. The molecular weight excluding hydrogens is 198 g/mol. The third-order valence-corrected chi connectivity index (χ3v) is 1.54. The molecule has 1 amide bonds. The van der Waals surface area contributed by atoms with Crippen molar-refractivity contribution in [3.63, 3.8) is 0 Å². The van der Waals surface area contributed by atoms with E-state index in [9.17, 15) is 9.59 Å². The number of amides is 1. The number of carboxylic acids is 1. The SMILES string of the molecule is NC(=O)[C@@H](O)[C@H](O)[C@H](O)[C@H](O)C(=O)O. The first-order valence-corrected chi connectivity index (χ1v) is 3.53. The van der Waals surface area contributed by atoms with Crippen LogP contribution in [0, 0.1) is 0 Å². The third-order valence-electron chi connectivity index (χ3n) is 1.54. The topological polar surface area (TPSA) is 161 Å². The summed E-state index contributed by atoms with van der Waals surface area (Å²) >= 11 is 0. The molecule has 82 valence electrons. The third kappa shape index (κ3) is 2.92. The predicted molar refractivity (Wildman–Crippen MR) is 40.9 cm³/mol. The number of hydrogen-bond acceptors (Lipinski definition) is 6. The van der Waals surface area contributed by atoms with Crippen LogP contribution in [0.1, 0.15) is 0 Å². The van der Waals surface area contributed by atoms with Crippen LogP contribution in [0.2, 0.25) is 0 Å². The van der Waals surface area contributed by atoms with Crippen molar-refractivity contribution in [2.75, 3.05) is 0 Å². The van der Waals surface area contributed by atoms with Gasteiger partial charge >= 0.3 is 5.97 Å². The summed E-state index contributed by atoms with van der Waals surface area (Å²) in [6.45, 7) is 0. The van der Waals surface area contributed by atoms with Crippen LogP contribution in [0.15, 0.2) is 0 Å². The highest BCUT2D eigenvalue weighted by Gasteiger charge is 2.36. The lowest BCUT2D eigenvalue weighted by atomic mass is 10.0. The fourth-order valence-electron chi connectivity index (χ4n) is 0.688. The molecule has 0 rings (SSSR count). The van der Waals surface area contributed by atoms with Crippen molar-refractivity contribution in [3.05, 3.63) is 0 Å². The molecule has 0 aromatic heterocycles. The van der Waals surface area contributed by atoms with Crippen LogP contribution in [-0.4, -0.2) is 61.8 Å². The molecule has 7 N–H and O–H groups in total. The van der Waals surface area contributed by atoms with E-state index in [2.05, 4.69) is 5.73 Å². The lowest BCUT2D eigenvalue weighted by Crippen LogP contribution is -2.51. The maximum atomic E-state index is 10.3. The molecule has 0 bridgehead atoms. The number of rotatable bonds is 5. The minimum Gasteiger partial charge on any atom is -0.479 e. The lowest BCUT2D eigenvalue weighted by Gasteiger charge is -2.22. The smallest absolute Gasteiger partial charge is 0.335 e. The summed E-state index contributed by atoms with van der Waals surface area (Å²) in [6, 6.07) is 0. The zero-order valence-electron chi connectivity index (χ0n) is 6.94. The second kappa shape index (κ2) is 4.86. The monoisotopic (exact) mass is 209 g/mol. The average molecular weight is 209 g/mol. The van der Waals surface area contributed by atoms with Crippen LogP contribution in [0.25, 0.3) is 0 Å². The van der Waals surface area contributed by atoms with Crippen LogP contribution < -0.4 is 5.73 Å². The van der Waals surface area contributed by atoms with Gasteiger partial charge in [0.05, 0.1) is 0 Å². The molecule has 8 heteroatoms. The number of aliphatic hydroxyl groups excluding tert-OH is 4. The minimum atomic E-state index is -2.31. The Bertz CT molecular complexity index is 206. The summed E-state index contributed by atoms with van der Waals surface area (Å²) in [7, 11) is 0. The molecule has 0 heterocycles. The zero-order valence-corrected chi connectivity index (χ0v) is 6.94. The Morgan fingerprint density at radius 1 is 0.929 bits per heavy atom. The normalized spacial score (nSPS) is 19.4. The number of aliphatic carboxylic acids is 1. The van der Waals surface area contributed by atoms with Crippen molar-refractivity contribution in [3.8, 4) is 0 Å². The molecule has 0 aromatic carbocycles. The number of nitrogens with two attached hydrogens (primary N) is 1. The maximum Gasteiger partial charge on any atom is 0.335 e. The number of hydrogen-bond donors (Lipinski definition) is 6. The molecule has 0 aliphatic rings. The molecule has 0 saturated heterocycles. The van der Waals surface area contributed by atoms with E-state index in [-0.39, 0.29) is 0 Å². The minimum absolute atomic E-state index is 1.34. The Morgan fingerprint density at radius 2 is 1.29 bits per heavy atom. The second-order valence-corrected chi connectivity index (χ2v) is 2.61. The number of carbonyl (C=O) groups is 2. The molecule has 0 unspecified atom stereocenters. The van der Waals surface area contributed by atoms with Crippen molar-refractivity contribution in [2.24, 2.45) is 5.73 Å². The van der Waals surface area contributed by atoms with Gasteiger partial charge in [0, 0.05) is 0 Å². The van der Waals surface area contributed by atoms with Crippen molar-refractivity contribution >= 4 is 11.9 Å². The van der Waals surface area contributed by atoms with Gasteiger partial charge in [-0.05, 0) is 0 Å². The fourth-order valence-corrected chi connectivity index (χ4v) is 0.688. The van der Waals surface area contributed by atoms with Gasteiger partial charge in [-0.2, -0.15) is 0 Å². The van der Waals surface area contributed by atoms with Crippen molar-refractivity contribution < 1.29 is 35.1 Å². The van der Waals surface area contributed by atoms with Gasteiger partial charge in [-0.15, -0.1) is 0 Å². The van der Waals surface area contributed by atoms with E-state index in [0.717, 1.165) is 0 Å². The molecule has 0 aliphatic heterocycles. The van der Waals surface area contributed by atoms with Crippen molar-refractivity contribution in [1.82, 2.24) is 0 Å². The van der Waals surface area contributed by atoms with Crippen LogP contribution in [0.4, 0.5) is 0 Å². The Labute approximate surface area is 78.2 Å². The van der Waals surface area contributed by atoms with Gasteiger partial charge < -0.3 is 31.3 Å². The van der Waals surface area contributed by atoms with Gasteiger partial charge in [-0.25, -0.2) is 4.79 Å². The fraction of sp³-hybridized carbons (Fsp3) is 0.667. The van der Waals surface area contributed by atoms with E-state index >= 15 is 0 Å². The van der Waals surface area contributed by atoms with Gasteiger partial charge in [-0.3, -0.25) is 4.79 Å². The molecule has 14 heavy (non-hydrogen) atoms. The highest BCUT2D eigenvalue weighted by Crippen LogP contribution is 2.05. The quantitative estimate of drug-likeness (QED) is 0.269. The van der Waals surface area contributed by atoms with E-state index in [0.29, 0.717) is 0 Å². The molecule has 0 spiro atoms. The lowest BCUT2D eigenvalue weighted by molar-refractivity contribution is -0.165. The summed E-state index contributed by atoms with van der Waals surface area (Å²) < 4.78 is 0. The summed E-state index contributed by atoms with van der Waals surface area (Å²) in [5.41, 5.74) is 4.56. The van der Waals surface area contributed by atoms with Crippen LogP contribution in [0.3, 0.4) is 0 Å². The van der Waals surface area contributed by atoms with Gasteiger partial charge in [0.15, 0.2) is 12.2 Å². The molecule has 4 atom stereocenters. The largest absolute Gasteiger partial charge is 0.479 e. The zero-order chi connectivity index (χ0) is 11.5. The highest BCUT2D eigenvalue weighted by molar-refractivity contribution is 5.79. The number of carbonyl (C=O) groups excluding carboxylic acids is 1. The van der Waals surface area contributed by atoms with Gasteiger partial charge in [0.25, 0.3) is 0 Å². The van der Waals surface area contributed by atoms with E-state index in [1.807, 2.05) is 0 Å². The maximum absolute atomic E-state index is 10.3. The van der Waals surface area contributed by atoms with Crippen molar-refractivity contribution in [2.45, 2.75) is 24.4 Å². The number of aliphatic hydroxyl groups is 4. The Balaban J connectivity index is 4.45. The molecule has 8 nitrogen and oxygen atoms in total. The van der Waals surface area contributed by atoms with Crippen LogP contribution >= 0.6 is 0 Å². The summed E-state index contributed by atoms with van der Waals surface area (Å²) in [5.74, 6) is -3.14. The second-order valence-electron chi connectivity index (χ2n) is 2.61.